The van der Waals surface area contributed by atoms with E-state index in [0.717, 1.165) is 0 Å². The van der Waals surface area contributed by atoms with Gasteiger partial charge < -0.3 is 10.5 Å². The average molecular weight is 338 g/mol. The summed E-state index contributed by atoms with van der Waals surface area (Å²) in [5.41, 5.74) is 6.50. The summed E-state index contributed by atoms with van der Waals surface area (Å²) >= 11 is 0. The van der Waals surface area contributed by atoms with Gasteiger partial charge in [-0.2, -0.15) is 0 Å². The van der Waals surface area contributed by atoms with E-state index in [0.29, 0.717) is 16.5 Å². The molecule has 8 heteroatoms. The molecule has 0 aliphatic rings. The summed E-state index contributed by atoms with van der Waals surface area (Å²) < 4.78 is 5.14. The molecule has 126 valence electrons. The molecule has 0 aliphatic heterocycles. The van der Waals surface area contributed by atoms with Gasteiger partial charge in [0.2, 0.25) is 0 Å². The van der Waals surface area contributed by atoms with Crippen molar-refractivity contribution >= 4 is 28.4 Å². The lowest BCUT2D eigenvalue weighted by Gasteiger charge is -2.08. The van der Waals surface area contributed by atoms with E-state index in [4.69, 9.17) is 10.5 Å². The van der Waals surface area contributed by atoms with Crippen molar-refractivity contribution in [3.8, 4) is 0 Å². The Bertz CT molecular complexity index is 988. The molecule has 2 N–H and O–H groups in total. The van der Waals surface area contributed by atoms with Crippen molar-refractivity contribution in [1.29, 1.82) is 0 Å². The Labute approximate surface area is 142 Å². The minimum absolute atomic E-state index is 0.112. The molecular weight excluding hydrogens is 324 g/mol. The first kappa shape index (κ1) is 16.3. The van der Waals surface area contributed by atoms with Gasteiger partial charge in [0.25, 0.3) is 5.69 Å². The van der Waals surface area contributed by atoms with E-state index in [1.807, 2.05) is 6.07 Å². The molecule has 0 spiro atoms. The molecule has 0 radical (unpaired) electrons. The zero-order valence-electron chi connectivity index (χ0n) is 13.3. The summed E-state index contributed by atoms with van der Waals surface area (Å²) in [7, 11) is 0. The van der Waals surface area contributed by atoms with Gasteiger partial charge in [-0.25, -0.2) is 14.8 Å². The summed E-state index contributed by atoms with van der Waals surface area (Å²) in [6.07, 6.45) is 0. The minimum atomic E-state index is -0.814. The third-order valence-electron chi connectivity index (χ3n) is 3.65. The second kappa shape index (κ2) is 6.52. The molecule has 1 heterocycles. The molecule has 25 heavy (non-hydrogen) atoms. The Morgan fingerprint density at radius 2 is 1.96 bits per heavy atom. The second-order valence-electron chi connectivity index (χ2n) is 5.35. The number of carbonyl (C=O) groups is 1. The van der Waals surface area contributed by atoms with Gasteiger partial charge in [-0.05, 0) is 25.1 Å². The number of esters is 1. The largest absolute Gasteiger partial charge is 0.454 e. The maximum absolute atomic E-state index is 12.2. The highest BCUT2D eigenvalue weighted by atomic mass is 16.6. The first-order valence-electron chi connectivity index (χ1n) is 7.39. The summed E-state index contributed by atoms with van der Waals surface area (Å²) in [4.78, 5) is 31.2. The standard InChI is InChI=1S/C17H14N4O4/c1-10-5-4-7-12(15(10)21(23)24)17(22)25-9-14-19-13-8-3-2-6-11(13)16(18)20-14/h2-8H,9H2,1H3,(H2,18,19,20). The third kappa shape index (κ3) is 3.23. The van der Waals surface area contributed by atoms with Crippen molar-refractivity contribution < 1.29 is 14.5 Å². The van der Waals surface area contributed by atoms with Crippen molar-refractivity contribution in [3.05, 3.63) is 69.5 Å². The van der Waals surface area contributed by atoms with E-state index < -0.39 is 10.9 Å². The summed E-state index contributed by atoms with van der Waals surface area (Å²) in [6.45, 7) is 1.32. The molecule has 0 fully saturated rings. The van der Waals surface area contributed by atoms with Gasteiger partial charge in [0.05, 0.1) is 10.4 Å². The van der Waals surface area contributed by atoms with Crippen LogP contribution in [0, 0.1) is 17.0 Å². The number of hydrogen-bond donors (Lipinski definition) is 1. The van der Waals surface area contributed by atoms with Crippen LogP contribution < -0.4 is 5.73 Å². The molecule has 3 aromatic rings. The van der Waals surface area contributed by atoms with Crippen molar-refractivity contribution in [3.63, 3.8) is 0 Å². The second-order valence-corrected chi connectivity index (χ2v) is 5.35. The Hall–Kier alpha value is -3.55. The molecule has 0 amide bonds. The highest BCUT2D eigenvalue weighted by Gasteiger charge is 2.23. The van der Waals surface area contributed by atoms with Gasteiger partial charge in [0.1, 0.15) is 11.4 Å². The molecule has 8 nitrogen and oxygen atoms in total. The molecule has 0 saturated carbocycles. The number of aromatic nitrogens is 2. The molecule has 3 rings (SSSR count). The Balaban J connectivity index is 1.84. The van der Waals surface area contributed by atoms with Gasteiger partial charge in [0, 0.05) is 10.9 Å². The number of anilines is 1. The average Bonchev–Trinajstić information content (AvgIpc) is 2.59. The van der Waals surface area contributed by atoms with Gasteiger partial charge in [-0.15, -0.1) is 0 Å². The van der Waals surface area contributed by atoms with Crippen molar-refractivity contribution in [2.45, 2.75) is 13.5 Å². The number of nitro groups is 1. The van der Waals surface area contributed by atoms with Crippen LogP contribution in [0.4, 0.5) is 11.5 Å². The lowest BCUT2D eigenvalue weighted by atomic mass is 10.1. The van der Waals surface area contributed by atoms with Gasteiger partial charge in [-0.3, -0.25) is 10.1 Å². The van der Waals surface area contributed by atoms with E-state index in [-0.39, 0.29) is 29.5 Å². The molecule has 0 unspecified atom stereocenters. The van der Waals surface area contributed by atoms with E-state index in [1.165, 1.54) is 6.07 Å². The fourth-order valence-corrected chi connectivity index (χ4v) is 2.49. The van der Waals surface area contributed by atoms with Crippen molar-refractivity contribution in [2.24, 2.45) is 0 Å². The van der Waals surface area contributed by atoms with Crippen LogP contribution in [0.2, 0.25) is 0 Å². The fraction of sp³-hybridized carbons (Fsp3) is 0.118. The number of ether oxygens (including phenoxy) is 1. The first-order valence-corrected chi connectivity index (χ1v) is 7.39. The van der Waals surface area contributed by atoms with Crippen LogP contribution in [0.3, 0.4) is 0 Å². The van der Waals surface area contributed by atoms with Crippen molar-refractivity contribution in [2.75, 3.05) is 5.73 Å². The number of rotatable bonds is 4. The monoisotopic (exact) mass is 338 g/mol. The molecule has 1 aromatic heterocycles. The Morgan fingerprint density at radius 1 is 1.20 bits per heavy atom. The van der Waals surface area contributed by atoms with Gasteiger partial charge >= 0.3 is 5.97 Å². The zero-order chi connectivity index (χ0) is 18.0. The van der Waals surface area contributed by atoms with Crippen LogP contribution in [-0.2, 0) is 11.3 Å². The predicted molar refractivity (Wildman–Crippen MR) is 90.9 cm³/mol. The Morgan fingerprint density at radius 3 is 2.72 bits per heavy atom. The lowest BCUT2D eigenvalue weighted by Crippen LogP contribution is -2.11. The van der Waals surface area contributed by atoms with Crippen LogP contribution in [0.25, 0.3) is 10.9 Å². The number of hydrogen-bond acceptors (Lipinski definition) is 7. The first-order chi connectivity index (χ1) is 12.0. The highest BCUT2D eigenvalue weighted by molar-refractivity contribution is 5.94. The molecule has 0 bridgehead atoms. The number of nitro benzene ring substituents is 1. The predicted octanol–water partition coefficient (Wildman–Crippen LogP) is 2.79. The van der Waals surface area contributed by atoms with Crippen molar-refractivity contribution in [1.82, 2.24) is 9.97 Å². The quantitative estimate of drug-likeness (QED) is 0.441. The maximum atomic E-state index is 12.2. The number of fused-ring (bicyclic) bond motifs is 1. The van der Waals surface area contributed by atoms with Crippen LogP contribution in [0.1, 0.15) is 21.7 Å². The fourth-order valence-electron chi connectivity index (χ4n) is 2.49. The zero-order valence-corrected chi connectivity index (χ0v) is 13.3. The molecule has 0 saturated heterocycles. The SMILES string of the molecule is Cc1cccc(C(=O)OCc2nc(N)c3ccccc3n2)c1[N+](=O)[O-]. The smallest absolute Gasteiger partial charge is 0.345 e. The van der Waals surface area contributed by atoms with Gasteiger partial charge in [0.15, 0.2) is 12.4 Å². The van der Waals surface area contributed by atoms with E-state index in [9.17, 15) is 14.9 Å². The number of para-hydroxylation sites is 2. The summed E-state index contributed by atoms with van der Waals surface area (Å²) in [5.74, 6) is -0.316. The maximum Gasteiger partial charge on any atom is 0.345 e. The lowest BCUT2D eigenvalue weighted by molar-refractivity contribution is -0.385. The van der Waals surface area contributed by atoms with Gasteiger partial charge in [-0.1, -0.05) is 24.3 Å². The summed E-state index contributed by atoms with van der Waals surface area (Å²) in [5, 5.41) is 11.9. The molecule has 0 atom stereocenters. The number of carbonyl (C=O) groups excluding carboxylic acids is 1. The minimum Gasteiger partial charge on any atom is -0.454 e. The Kier molecular flexibility index (Phi) is 4.25. The third-order valence-corrected chi connectivity index (χ3v) is 3.65. The molecule has 0 aliphatic carbocycles. The molecular formula is C17H14N4O4. The van der Waals surface area contributed by atoms with Crippen LogP contribution >= 0.6 is 0 Å². The van der Waals surface area contributed by atoms with Crippen LogP contribution in [0.15, 0.2) is 42.5 Å². The normalized spacial score (nSPS) is 10.6. The number of nitrogens with zero attached hydrogens (tertiary/aromatic N) is 3. The van der Waals surface area contributed by atoms with E-state index in [2.05, 4.69) is 9.97 Å². The van der Waals surface area contributed by atoms with E-state index >= 15 is 0 Å². The molecule has 2 aromatic carbocycles. The number of benzene rings is 2. The number of aryl methyl sites for hydroxylation is 1. The summed E-state index contributed by atoms with van der Waals surface area (Å²) in [6, 6.07) is 11.6. The highest BCUT2D eigenvalue weighted by Crippen LogP contribution is 2.24. The van der Waals surface area contributed by atoms with Crippen LogP contribution in [0.5, 0.6) is 0 Å². The topological polar surface area (TPSA) is 121 Å². The van der Waals surface area contributed by atoms with E-state index in [1.54, 1.807) is 37.3 Å². The number of nitrogen functional groups attached to an aromatic ring is 1. The number of nitrogens with two attached hydrogens (primary N) is 1. The van der Waals surface area contributed by atoms with Crippen LogP contribution in [-0.4, -0.2) is 20.9 Å².